The average molecular weight is 333 g/mol. The lowest BCUT2D eigenvalue weighted by molar-refractivity contribution is -0.0266. The number of nitrogens with one attached hydrogen (secondary N) is 2. The zero-order valence-electron chi connectivity index (χ0n) is 15.3. The molecule has 5 heteroatoms. The number of hydrogen-bond donors (Lipinski definition) is 2. The summed E-state index contributed by atoms with van der Waals surface area (Å²) in [5.41, 5.74) is 1.03. The molecule has 1 aliphatic heterocycles. The van der Waals surface area contributed by atoms with Crippen LogP contribution in [0.15, 0.2) is 35.3 Å². The fourth-order valence-electron chi connectivity index (χ4n) is 2.88. The molecule has 1 fully saturated rings. The van der Waals surface area contributed by atoms with Gasteiger partial charge in [0.05, 0.1) is 11.7 Å². The Kier molecular flexibility index (Phi) is 7.06. The van der Waals surface area contributed by atoms with Crippen molar-refractivity contribution in [2.45, 2.75) is 38.4 Å². The summed E-state index contributed by atoms with van der Waals surface area (Å²) in [6, 6.07) is 10.5. The third-order valence-electron chi connectivity index (χ3n) is 4.56. The predicted molar refractivity (Wildman–Crippen MR) is 98.3 cm³/mol. The number of hydrogen-bond acceptors (Lipinski definition) is 3. The van der Waals surface area contributed by atoms with Gasteiger partial charge in [-0.1, -0.05) is 30.3 Å². The van der Waals surface area contributed by atoms with E-state index in [0.717, 1.165) is 32.0 Å². The molecule has 0 saturated carbocycles. The zero-order valence-corrected chi connectivity index (χ0v) is 15.3. The lowest BCUT2D eigenvalue weighted by Gasteiger charge is -2.33. The lowest BCUT2D eigenvalue weighted by Crippen LogP contribution is -2.47. The minimum absolute atomic E-state index is 0.154. The molecule has 1 aromatic carbocycles. The topological polar surface area (TPSA) is 54.9 Å². The maximum absolute atomic E-state index is 6.05. The molecule has 134 valence electrons. The van der Waals surface area contributed by atoms with Crippen LogP contribution in [0.5, 0.6) is 0 Å². The third kappa shape index (κ3) is 5.49. The second kappa shape index (κ2) is 9.04. The molecule has 0 bridgehead atoms. The van der Waals surface area contributed by atoms with Crippen molar-refractivity contribution < 1.29 is 9.47 Å². The minimum Gasteiger partial charge on any atom is -0.377 e. The largest absolute Gasteiger partial charge is 0.377 e. The fourth-order valence-corrected chi connectivity index (χ4v) is 2.88. The van der Waals surface area contributed by atoms with Crippen LogP contribution >= 0.6 is 0 Å². The Hall–Kier alpha value is -1.59. The van der Waals surface area contributed by atoms with Gasteiger partial charge in [0.25, 0.3) is 0 Å². The number of nitrogens with zero attached hydrogens (tertiary/aromatic N) is 1. The number of aliphatic imine (C=N–C) groups is 1. The SMILES string of the molecule is CN=C(NCC1CCCOC1c1ccccc1)NCC(C)(C)OC. The van der Waals surface area contributed by atoms with Gasteiger partial charge in [-0.3, -0.25) is 4.99 Å². The van der Waals surface area contributed by atoms with Gasteiger partial charge in [0, 0.05) is 39.8 Å². The molecule has 1 aromatic rings. The van der Waals surface area contributed by atoms with Gasteiger partial charge in [0.15, 0.2) is 5.96 Å². The highest BCUT2D eigenvalue weighted by atomic mass is 16.5. The molecule has 2 N–H and O–H groups in total. The number of ether oxygens (including phenoxy) is 2. The second-order valence-electron chi connectivity index (χ2n) is 6.87. The Balaban J connectivity index is 1.90. The second-order valence-corrected chi connectivity index (χ2v) is 6.87. The Morgan fingerprint density at radius 3 is 2.71 bits per heavy atom. The predicted octanol–water partition coefficient (Wildman–Crippen LogP) is 2.74. The maximum Gasteiger partial charge on any atom is 0.191 e. The first kappa shape index (κ1) is 18.7. The van der Waals surface area contributed by atoms with Crippen LogP contribution in [-0.4, -0.2) is 45.4 Å². The lowest BCUT2D eigenvalue weighted by atomic mass is 9.89. The molecule has 24 heavy (non-hydrogen) atoms. The van der Waals surface area contributed by atoms with Gasteiger partial charge in [-0.05, 0) is 32.3 Å². The summed E-state index contributed by atoms with van der Waals surface area (Å²) in [5.74, 6) is 1.24. The van der Waals surface area contributed by atoms with E-state index in [2.05, 4.69) is 39.9 Å². The summed E-state index contributed by atoms with van der Waals surface area (Å²) in [4.78, 5) is 4.31. The van der Waals surface area contributed by atoms with Crippen molar-refractivity contribution in [3.8, 4) is 0 Å². The first-order valence-corrected chi connectivity index (χ1v) is 8.72. The van der Waals surface area contributed by atoms with Gasteiger partial charge in [0.1, 0.15) is 0 Å². The molecule has 0 aliphatic carbocycles. The smallest absolute Gasteiger partial charge is 0.191 e. The Bertz CT molecular complexity index is 517. The molecule has 0 aromatic heterocycles. The van der Waals surface area contributed by atoms with Gasteiger partial charge in [-0.25, -0.2) is 0 Å². The Morgan fingerprint density at radius 2 is 2.04 bits per heavy atom. The van der Waals surface area contributed by atoms with Gasteiger partial charge >= 0.3 is 0 Å². The van der Waals surface area contributed by atoms with Gasteiger partial charge in [0.2, 0.25) is 0 Å². The molecule has 0 spiro atoms. The summed E-state index contributed by atoms with van der Waals surface area (Å²) in [6.07, 6.45) is 2.42. The third-order valence-corrected chi connectivity index (χ3v) is 4.56. The number of benzene rings is 1. The molecule has 1 aliphatic rings. The van der Waals surface area contributed by atoms with Crippen molar-refractivity contribution >= 4 is 5.96 Å². The summed E-state index contributed by atoms with van der Waals surface area (Å²) < 4.78 is 11.5. The van der Waals surface area contributed by atoms with Crippen LogP contribution in [0.25, 0.3) is 0 Å². The van der Waals surface area contributed by atoms with E-state index < -0.39 is 0 Å². The molecule has 5 nitrogen and oxygen atoms in total. The molecule has 0 amide bonds. The van der Waals surface area contributed by atoms with Crippen LogP contribution in [-0.2, 0) is 9.47 Å². The van der Waals surface area contributed by atoms with E-state index >= 15 is 0 Å². The van der Waals surface area contributed by atoms with Crippen LogP contribution in [0, 0.1) is 5.92 Å². The number of guanidine groups is 1. The molecule has 2 rings (SSSR count). The first-order chi connectivity index (χ1) is 11.6. The molecule has 2 atom stereocenters. The van der Waals surface area contributed by atoms with E-state index in [1.54, 1.807) is 14.2 Å². The quantitative estimate of drug-likeness (QED) is 0.621. The minimum atomic E-state index is -0.224. The van der Waals surface area contributed by atoms with E-state index in [1.165, 1.54) is 5.56 Å². The molecule has 1 heterocycles. The summed E-state index contributed by atoms with van der Waals surface area (Å²) in [7, 11) is 3.52. The van der Waals surface area contributed by atoms with Gasteiger partial charge in [-0.15, -0.1) is 0 Å². The molecule has 1 saturated heterocycles. The zero-order chi connectivity index (χ0) is 17.4. The van der Waals surface area contributed by atoms with Crippen molar-refractivity contribution in [1.82, 2.24) is 10.6 Å². The van der Waals surface area contributed by atoms with E-state index in [-0.39, 0.29) is 11.7 Å². The number of rotatable bonds is 6. The normalized spacial score (nSPS) is 22.2. The standard InChI is InChI=1S/C19H31N3O2/c1-19(2,23-4)14-22-18(20-3)21-13-16-11-8-12-24-17(16)15-9-6-5-7-10-15/h5-7,9-10,16-17H,8,11-14H2,1-4H3,(H2,20,21,22). The Labute approximate surface area is 145 Å². The average Bonchev–Trinajstić information content (AvgIpc) is 2.63. The van der Waals surface area contributed by atoms with Crippen LogP contribution in [0.3, 0.4) is 0 Å². The summed E-state index contributed by atoms with van der Waals surface area (Å²) in [6.45, 7) is 6.48. The highest BCUT2D eigenvalue weighted by Crippen LogP contribution is 2.32. The highest BCUT2D eigenvalue weighted by Gasteiger charge is 2.27. The van der Waals surface area contributed by atoms with Crippen molar-refractivity contribution in [3.05, 3.63) is 35.9 Å². The van der Waals surface area contributed by atoms with E-state index in [4.69, 9.17) is 9.47 Å². The summed E-state index contributed by atoms with van der Waals surface area (Å²) >= 11 is 0. The van der Waals surface area contributed by atoms with Gasteiger partial charge in [-0.2, -0.15) is 0 Å². The fraction of sp³-hybridized carbons (Fsp3) is 0.632. The molecule has 2 unspecified atom stereocenters. The number of methoxy groups -OCH3 is 1. The molecule has 0 radical (unpaired) electrons. The van der Waals surface area contributed by atoms with Crippen LogP contribution in [0.1, 0.15) is 38.4 Å². The van der Waals surface area contributed by atoms with Crippen LogP contribution in [0.4, 0.5) is 0 Å². The van der Waals surface area contributed by atoms with Crippen molar-refractivity contribution in [1.29, 1.82) is 0 Å². The Morgan fingerprint density at radius 1 is 1.29 bits per heavy atom. The van der Waals surface area contributed by atoms with Crippen molar-refractivity contribution in [2.24, 2.45) is 10.9 Å². The highest BCUT2D eigenvalue weighted by molar-refractivity contribution is 5.79. The van der Waals surface area contributed by atoms with Crippen LogP contribution < -0.4 is 10.6 Å². The monoisotopic (exact) mass is 333 g/mol. The summed E-state index contributed by atoms with van der Waals surface area (Å²) in [5, 5.41) is 6.77. The van der Waals surface area contributed by atoms with Crippen LogP contribution in [0.2, 0.25) is 0 Å². The molecular formula is C19H31N3O2. The van der Waals surface area contributed by atoms with Crippen molar-refractivity contribution in [2.75, 3.05) is 33.9 Å². The van der Waals surface area contributed by atoms with E-state index in [9.17, 15) is 0 Å². The van der Waals surface area contributed by atoms with Gasteiger partial charge < -0.3 is 20.1 Å². The van der Waals surface area contributed by atoms with E-state index in [0.29, 0.717) is 12.5 Å². The maximum atomic E-state index is 6.05. The molecular weight excluding hydrogens is 302 g/mol. The first-order valence-electron chi connectivity index (χ1n) is 8.72. The van der Waals surface area contributed by atoms with E-state index in [1.807, 2.05) is 19.9 Å². The van der Waals surface area contributed by atoms with Crippen molar-refractivity contribution in [3.63, 3.8) is 0 Å².